The molecule has 100 valence electrons. The molecule has 0 aromatic heterocycles. The molecule has 5 heteroatoms. The molecule has 0 saturated heterocycles. The number of fused-ring (bicyclic) bond motifs is 1. The van der Waals surface area contributed by atoms with Gasteiger partial charge in [0.1, 0.15) is 0 Å². The average Bonchev–Trinajstić information content (AvgIpc) is 2.47. The minimum atomic E-state index is -1.31. The molecular formula is C15H10BrNO3. The highest BCUT2D eigenvalue weighted by molar-refractivity contribution is 9.10. The van der Waals surface area contributed by atoms with Gasteiger partial charge in [0.15, 0.2) is 6.10 Å². The van der Waals surface area contributed by atoms with E-state index in [-0.39, 0.29) is 0 Å². The van der Waals surface area contributed by atoms with Gasteiger partial charge in [-0.25, -0.2) is 4.90 Å². The Bertz CT molecular complexity index is 697. The van der Waals surface area contributed by atoms with Gasteiger partial charge in [-0.15, -0.1) is 0 Å². The van der Waals surface area contributed by atoms with Crippen LogP contribution in [-0.4, -0.2) is 16.9 Å². The van der Waals surface area contributed by atoms with Crippen molar-refractivity contribution in [3.8, 4) is 0 Å². The molecule has 1 N–H and O–H groups in total. The van der Waals surface area contributed by atoms with Crippen LogP contribution in [0.4, 0.5) is 5.69 Å². The maximum absolute atomic E-state index is 12.4. The van der Waals surface area contributed by atoms with Crippen molar-refractivity contribution in [2.75, 3.05) is 4.90 Å². The second kappa shape index (κ2) is 4.85. The molecule has 4 nitrogen and oxygen atoms in total. The van der Waals surface area contributed by atoms with Crippen LogP contribution in [0.3, 0.4) is 0 Å². The normalized spacial score (nSPS) is 18.1. The van der Waals surface area contributed by atoms with E-state index in [1.165, 1.54) is 0 Å². The van der Waals surface area contributed by atoms with Crippen LogP contribution in [0.1, 0.15) is 22.0 Å². The number of anilines is 1. The Labute approximate surface area is 123 Å². The molecule has 1 unspecified atom stereocenters. The van der Waals surface area contributed by atoms with E-state index in [2.05, 4.69) is 15.9 Å². The summed E-state index contributed by atoms with van der Waals surface area (Å²) in [4.78, 5) is 25.7. The average molecular weight is 332 g/mol. The van der Waals surface area contributed by atoms with Crippen LogP contribution in [-0.2, 0) is 4.79 Å². The third kappa shape index (κ3) is 1.95. The predicted octanol–water partition coefficient (Wildman–Crippen LogP) is 2.67. The highest BCUT2D eigenvalue weighted by atomic mass is 79.9. The Kier molecular flexibility index (Phi) is 3.16. The lowest BCUT2D eigenvalue weighted by Crippen LogP contribution is -2.45. The van der Waals surface area contributed by atoms with E-state index < -0.39 is 17.9 Å². The molecule has 0 radical (unpaired) electrons. The van der Waals surface area contributed by atoms with E-state index in [1.807, 2.05) is 0 Å². The van der Waals surface area contributed by atoms with E-state index in [9.17, 15) is 14.7 Å². The highest BCUT2D eigenvalue weighted by Gasteiger charge is 2.38. The molecule has 1 atom stereocenters. The molecule has 1 aliphatic rings. The Morgan fingerprint density at radius 1 is 1.00 bits per heavy atom. The Morgan fingerprint density at radius 2 is 1.65 bits per heavy atom. The summed E-state index contributed by atoms with van der Waals surface area (Å²) >= 11 is 3.30. The summed E-state index contributed by atoms with van der Waals surface area (Å²) in [5.74, 6) is -1.05. The number of aliphatic hydroxyl groups is 1. The number of carbonyl (C=O) groups excluding carboxylic acids is 2. The molecule has 0 spiro atoms. The van der Waals surface area contributed by atoms with Crippen molar-refractivity contribution >= 4 is 33.4 Å². The van der Waals surface area contributed by atoms with Gasteiger partial charge in [0.25, 0.3) is 11.8 Å². The van der Waals surface area contributed by atoms with Crippen LogP contribution in [0.5, 0.6) is 0 Å². The molecule has 1 aliphatic heterocycles. The van der Waals surface area contributed by atoms with Gasteiger partial charge in [-0.3, -0.25) is 9.59 Å². The number of halogens is 1. The molecule has 2 aromatic rings. The van der Waals surface area contributed by atoms with Crippen LogP contribution in [0.15, 0.2) is 53.0 Å². The summed E-state index contributed by atoms with van der Waals surface area (Å²) in [5.41, 5.74) is 1.15. The maximum Gasteiger partial charge on any atom is 0.267 e. The second-order valence-electron chi connectivity index (χ2n) is 4.45. The van der Waals surface area contributed by atoms with Crippen LogP contribution < -0.4 is 4.90 Å². The van der Waals surface area contributed by atoms with Crippen molar-refractivity contribution in [1.29, 1.82) is 0 Å². The minimum Gasteiger partial charge on any atom is -0.378 e. The first-order valence-corrected chi connectivity index (χ1v) is 6.80. The number of aliphatic hydroxyl groups excluding tert-OH is 1. The third-order valence-electron chi connectivity index (χ3n) is 3.23. The van der Waals surface area contributed by atoms with Crippen LogP contribution in [0.25, 0.3) is 0 Å². The maximum atomic E-state index is 12.4. The lowest BCUT2D eigenvalue weighted by Gasteiger charge is -2.29. The summed E-state index contributed by atoms with van der Waals surface area (Å²) < 4.78 is 0.846. The number of hydrogen-bond donors (Lipinski definition) is 1. The fourth-order valence-electron chi connectivity index (χ4n) is 2.24. The second-order valence-corrected chi connectivity index (χ2v) is 5.36. The molecule has 0 aliphatic carbocycles. The van der Waals surface area contributed by atoms with Crippen molar-refractivity contribution in [2.45, 2.75) is 6.10 Å². The lowest BCUT2D eigenvalue weighted by molar-refractivity contribution is -0.126. The number of nitrogens with zero attached hydrogens (tertiary/aromatic N) is 1. The van der Waals surface area contributed by atoms with E-state index in [0.717, 1.165) is 9.37 Å². The van der Waals surface area contributed by atoms with Crippen molar-refractivity contribution in [3.05, 3.63) is 64.1 Å². The standard InChI is InChI=1S/C15H10BrNO3/c16-9-5-7-10(8-6-9)17-14(19)12-4-2-1-3-11(12)13(18)15(17)20/h1-8,13,18H. The molecule has 2 amide bonds. The Morgan fingerprint density at radius 3 is 2.35 bits per heavy atom. The monoisotopic (exact) mass is 331 g/mol. The lowest BCUT2D eigenvalue weighted by atomic mass is 9.95. The van der Waals surface area contributed by atoms with Crippen molar-refractivity contribution in [1.82, 2.24) is 0 Å². The summed E-state index contributed by atoms with van der Waals surface area (Å²) in [5, 5.41) is 10.1. The van der Waals surface area contributed by atoms with Crippen LogP contribution in [0, 0.1) is 0 Å². The highest BCUT2D eigenvalue weighted by Crippen LogP contribution is 2.31. The number of benzene rings is 2. The SMILES string of the molecule is O=C1c2ccccc2C(O)C(=O)N1c1ccc(Br)cc1. The van der Waals surface area contributed by atoms with Gasteiger partial charge in [0, 0.05) is 15.6 Å². The Hall–Kier alpha value is -1.98. The summed E-state index contributed by atoms with van der Waals surface area (Å²) in [6.45, 7) is 0. The van der Waals surface area contributed by atoms with Crippen LogP contribution in [0.2, 0.25) is 0 Å². The van der Waals surface area contributed by atoms with E-state index >= 15 is 0 Å². The summed E-state index contributed by atoms with van der Waals surface area (Å²) in [7, 11) is 0. The molecule has 1 heterocycles. The summed E-state index contributed by atoms with van der Waals surface area (Å²) in [6.07, 6.45) is -1.31. The van der Waals surface area contributed by atoms with Crippen molar-refractivity contribution in [3.63, 3.8) is 0 Å². The van der Waals surface area contributed by atoms with Gasteiger partial charge < -0.3 is 5.11 Å². The first-order valence-electron chi connectivity index (χ1n) is 6.00. The fourth-order valence-corrected chi connectivity index (χ4v) is 2.51. The number of hydrogen-bond acceptors (Lipinski definition) is 3. The topological polar surface area (TPSA) is 57.6 Å². The van der Waals surface area contributed by atoms with E-state index in [0.29, 0.717) is 16.8 Å². The largest absolute Gasteiger partial charge is 0.378 e. The summed E-state index contributed by atoms with van der Waals surface area (Å²) in [6, 6.07) is 13.4. The van der Waals surface area contributed by atoms with Gasteiger partial charge >= 0.3 is 0 Å². The van der Waals surface area contributed by atoms with Gasteiger partial charge in [-0.05, 0) is 30.3 Å². The molecule has 2 aromatic carbocycles. The fraction of sp³-hybridized carbons (Fsp3) is 0.0667. The quantitative estimate of drug-likeness (QED) is 0.817. The number of amides is 2. The predicted molar refractivity (Wildman–Crippen MR) is 77.4 cm³/mol. The zero-order valence-corrected chi connectivity index (χ0v) is 11.9. The molecule has 3 rings (SSSR count). The van der Waals surface area contributed by atoms with Gasteiger partial charge in [-0.1, -0.05) is 34.1 Å². The molecular weight excluding hydrogens is 322 g/mol. The van der Waals surface area contributed by atoms with E-state index in [1.54, 1.807) is 48.5 Å². The van der Waals surface area contributed by atoms with Crippen molar-refractivity contribution in [2.24, 2.45) is 0 Å². The number of carbonyl (C=O) groups is 2. The first-order chi connectivity index (χ1) is 9.59. The molecule has 20 heavy (non-hydrogen) atoms. The smallest absolute Gasteiger partial charge is 0.267 e. The van der Waals surface area contributed by atoms with Gasteiger partial charge in [0.2, 0.25) is 0 Å². The zero-order chi connectivity index (χ0) is 14.3. The minimum absolute atomic E-state index is 0.350. The first kappa shape index (κ1) is 13.0. The molecule has 0 bridgehead atoms. The van der Waals surface area contributed by atoms with Crippen LogP contribution >= 0.6 is 15.9 Å². The number of rotatable bonds is 1. The Balaban J connectivity index is 2.12. The van der Waals surface area contributed by atoms with Gasteiger partial charge in [-0.2, -0.15) is 0 Å². The van der Waals surface area contributed by atoms with E-state index in [4.69, 9.17) is 0 Å². The zero-order valence-electron chi connectivity index (χ0n) is 10.3. The molecule has 0 saturated carbocycles. The van der Waals surface area contributed by atoms with Gasteiger partial charge in [0.05, 0.1) is 5.69 Å². The third-order valence-corrected chi connectivity index (χ3v) is 3.76. The van der Waals surface area contributed by atoms with Crippen molar-refractivity contribution < 1.29 is 14.7 Å². The number of imide groups is 1. The molecule has 0 fully saturated rings.